The molecule has 0 radical (unpaired) electrons. The van der Waals surface area contributed by atoms with Gasteiger partial charge in [-0.3, -0.25) is 9.59 Å². The van der Waals surface area contributed by atoms with Gasteiger partial charge in [0.25, 0.3) is 0 Å². The predicted octanol–water partition coefficient (Wildman–Crippen LogP) is 1.97. The van der Waals surface area contributed by atoms with E-state index >= 15 is 0 Å². The number of hydrogen-bond donors (Lipinski definition) is 4. The van der Waals surface area contributed by atoms with E-state index < -0.39 is 12.0 Å². The summed E-state index contributed by atoms with van der Waals surface area (Å²) in [6.45, 7) is 0. The average Bonchev–Trinajstić information content (AvgIpc) is 2.47. The van der Waals surface area contributed by atoms with Crippen LogP contribution in [0, 0.1) is 0 Å². The molecule has 1 fully saturated rings. The Bertz CT molecular complexity index is 573. The lowest BCUT2D eigenvalue weighted by molar-refractivity contribution is -0.137. The monoisotopic (exact) mass is 363 g/mol. The second-order valence-corrected chi connectivity index (χ2v) is 6.63. The fourth-order valence-electron chi connectivity index (χ4n) is 1.87. The van der Waals surface area contributed by atoms with E-state index in [1.165, 1.54) is 11.8 Å². The molecule has 1 aliphatic rings. The topological polar surface area (TPSA) is 90.5 Å². The van der Waals surface area contributed by atoms with Crippen molar-refractivity contribution in [3.63, 3.8) is 0 Å². The van der Waals surface area contributed by atoms with Crippen LogP contribution in [0.3, 0.4) is 0 Å². The lowest BCUT2D eigenvalue weighted by Gasteiger charge is -2.30. The van der Waals surface area contributed by atoms with Gasteiger partial charge < -0.3 is 10.4 Å². The van der Waals surface area contributed by atoms with Crippen molar-refractivity contribution in [1.29, 1.82) is 0 Å². The molecule has 1 heterocycles. The van der Waals surface area contributed by atoms with Crippen molar-refractivity contribution in [3.8, 4) is 0 Å². The standard InChI is InChI=1S/C13H15Cl2N3O3S/c14-8-2-1-7(5-9(8)15)6-22-13-16-12(21)10(17-18-13)3-4-11(19)20/h1-2,5,10,13,17-18H,3-4,6H2,(H,16,21)(H,19,20). The van der Waals surface area contributed by atoms with Crippen molar-refractivity contribution in [2.45, 2.75) is 30.1 Å². The van der Waals surface area contributed by atoms with Gasteiger partial charge in [0.1, 0.15) is 11.5 Å². The predicted molar refractivity (Wildman–Crippen MR) is 86.6 cm³/mol. The Hall–Kier alpha value is -0.990. The molecule has 1 amide bonds. The summed E-state index contributed by atoms with van der Waals surface area (Å²) in [4.78, 5) is 22.4. The van der Waals surface area contributed by atoms with Crippen LogP contribution in [-0.4, -0.2) is 28.5 Å². The van der Waals surface area contributed by atoms with Crippen LogP contribution in [0.5, 0.6) is 0 Å². The Balaban J connectivity index is 1.79. The van der Waals surface area contributed by atoms with E-state index in [2.05, 4.69) is 16.2 Å². The molecular weight excluding hydrogens is 349 g/mol. The quantitative estimate of drug-likeness (QED) is 0.617. The van der Waals surface area contributed by atoms with E-state index in [0.29, 0.717) is 15.8 Å². The summed E-state index contributed by atoms with van der Waals surface area (Å²) in [5.41, 5.74) is 6.47. The summed E-state index contributed by atoms with van der Waals surface area (Å²) >= 11 is 13.3. The number of carboxylic acid groups (broad SMARTS) is 1. The minimum atomic E-state index is -0.925. The molecule has 120 valence electrons. The molecule has 0 aliphatic carbocycles. The van der Waals surface area contributed by atoms with Gasteiger partial charge in [-0.25, -0.2) is 10.9 Å². The molecule has 0 aromatic heterocycles. The third-order valence-corrected chi connectivity index (χ3v) is 4.83. The fourth-order valence-corrected chi connectivity index (χ4v) is 3.08. The highest BCUT2D eigenvalue weighted by molar-refractivity contribution is 7.99. The molecule has 22 heavy (non-hydrogen) atoms. The molecule has 1 saturated heterocycles. The zero-order valence-corrected chi connectivity index (χ0v) is 13.8. The van der Waals surface area contributed by atoms with Crippen molar-refractivity contribution in [3.05, 3.63) is 33.8 Å². The summed E-state index contributed by atoms with van der Waals surface area (Å²) in [6.07, 6.45) is 0.173. The van der Waals surface area contributed by atoms with Gasteiger partial charge in [0.15, 0.2) is 0 Å². The summed E-state index contributed by atoms with van der Waals surface area (Å²) in [6, 6.07) is 4.84. The maximum absolute atomic E-state index is 11.9. The molecule has 0 saturated carbocycles. The minimum Gasteiger partial charge on any atom is -0.481 e. The van der Waals surface area contributed by atoms with E-state index in [1.54, 1.807) is 12.1 Å². The van der Waals surface area contributed by atoms with Gasteiger partial charge in [-0.1, -0.05) is 29.3 Å². The van der Waals surface area contributed by atoms with Gasteiger partial charge in [0.05, 0.1) is 10.0 Å². The number of amides is 1. The van der Waals surface area contributed by atoms with Crippen LogP contribution in [0.15, 0.2) is 18.2 Å². The maximum Gasteiger partial charge on any atom is 0.303 e. The van der Waals surface area contributed by atoms with Crippen molar-refractivity contribution >= 4 is 46.8 Å². The minimum absolute atomic E-state index is 0.0617. The van der Waals surface area contributed by atoms with Crippen molar-refractivity contribution in [2.24, 2.45) is 0 Å². The Kier molecular flexibility index (Phi) is 6.34. The van der Waals surface area contributed by atoms with Gasteiger partial charge in [0, 0.05) is 12.2 Å². The smallest absolute Gasteiger partial charge is 0.303 e. The zero-order valence-electron chi connectivity index (χ0n) is 11.4. The van der Waals surface area contributed by atoms with Gasteiger partial charge in [-0.15, -0.1) is 11.8 Å². The lowest BCUT2D eigenvalue weighted by Crippen LogP contribution is -2.64. The van der Waals surface area contributed by atoms with Crippen LogP contribution in [0.4, 0.5) is 0 Å². The molecule has 6 nitrogen and oxygen atoms in total. The van der Waals surface area contributed by atoms with Crippen LogP contribution >= 0.6 is 35.0 Å². The highest BCUT2D eigenvalue weighted by Gasteiger charge is 2.27. The third kappa shape index (κ3) is 5.03. The number of nitrogens with one attached hydrogen (secondary N) is 3. The molecular formula is C13H15Cl2N3O3S. The number of carbonyl (C=O) groups is 2. The SMILES string of the molecule is O=C(O)CCC1NNC(SCc2ccc(Cl)c(Cl)c2)NC1=O. The van der Waals surface area contributed by atoms with Gasteiger partial charge in [-0.2, -0.15) is 0 Å². The van der Waals surface area contributed by atoms with E-state index in [4.69, 9.17) is 28.3 Å². The van der Waals surface area contributed by atoms with E-state index in [-0.39, 0.29) is 24.2 Å². The summed E-state index contributed by atoms with van der Waals surface area (Å²) in [5.74, 6) is -0.506. The Morgan fingerprint density at radius 2 is 2.05 bits per heavy atom. The Labute approximate surface area is 141 Å². The number of hydrogen-bond acceptors (Lipinski definition) is 5. The molecule has 9 heteroatoms. The number of carbonyl (C=O) groups excluding carboxylic acids is 1. The zero-order chi connectivity index (χ0) is 16.1. The summed E-state index contributed by atoms with van der Waals surface area (Å²) in [5, 5.41) is 12.4. The van der Waals surface area contributed by atoms with Crippen molar-refractivity contribution < 1.29 is 14.7 Å². The first-order valence-corrected chi connectivity index (χ1v) is 8.35. The molecule has 2 rings (SSSR count). The van der Waals surface area contributed by atoms with Crippen LogP contribution < -0.4 is 16.2 Å². The number of rotatable bonds is 6. The molecule has 4 N–H and O–H groups in total. The summed E-state index contributed by atoms with van der Waals surface area (Å²) in [7, 11) is 0. The van der Waals surface area contributed by atoms with E-state index in [9.17, 15) is 9.59 Å². The normalized spacial score (nSPS) is 21.5. The fraction of sp³-hybridized carbons (Fsp3) is 0.385. The van der Waals surface area contributed by atoms with Gasteiger partial charge in [0.2, 0.25) is 5.91 Å². The van der Waals surface area contributed by atoms with Crippen molar-refractivity contribution in [2.75, 3.05) is 0 Å². The number of benzene rings is 1. The average molecular weight is 364 g/mol. The Morgan fingerprint density at radius 3 is 2.68 bits per heavy atom. The second kappa shape index (κ2) is 8.03. The first-order valence-electron chi connectivity index (χ1n) is 6.54. The lowest BCUT2D eigenvalue weighted by atomic mass is 10.1. The number of carboxylic acids is 1. The number of hydrazine groups is 1. The van der Waals surface area contributed by atoms with Crippen molar-refractivity contribution in [1.82, 2.24) is 16.2 Å². The molecule has 1 aromatic rings. The molecule has 1 aliphatic heterocycles. The number of thioether (sulfide) groups is 1. The highest BCUT2D eigenvalue weighted by atomic mass is 35.5. The second-order valence-electron chi connectivity index (χ2n) is 4.72. The molecule has 0 spiro atoms. The van der Waals surface area contributed by atoms with E-state index in [1.807, 2.05) is 6.07 Å². The first kappa shape index (κ1) is 17.4. The number of aliphatic carboxylic acids is 1. The van der Waals surface area contributed by atoms with Gasteiger partial charge in [-0.05, 0) is 24.1 Å². The van der Waals surface area contributed by atoms with Gasteiger partial charge >= 0.3 is 5.97 Å². The Morgan fingerprint density at radius 1 is 1.27 bits per heavy atom. The highest BCUT2D eigenvalue weighted by Crippen LogP contribution is 2.25. The van der Waals surface area contributed by atoms with Crippen LogP contribution in [-0.2, 0) is 15.3 Å². The summed E-state index contributed by atoms with van der Waals surface area (Å²) < 4.78 is 0. The first-order chi connectivity index (χ1) is 10.5. The van der Waals surface area contributed by atoms with E-state index in [0.717, 1.165) is 5.56 Å². The van der Waals surface area contributed by atoms with Crippen LogP contribution in [0.2, 0.25) is 10.0 Å². The molecule has 2 atom stereocenters. The number of halogens is 2. The molecule has 0 bridgehead atoms. The molecule has 1 aromatic carbocycles. The maximum atomic E-state index is 11.9. The van der Waals surface area contributed by atoms with Crippen LogP contribution in [0.1, 0.15) is 18.4 Å². The molecule has 2 unspecified atom stereocenters. The third-order valence-electron chi connectivity index (χ3n) is 3.03. The van der Waals surface area contributed by atoms with Crippen LogP contribution in [0.25, 0.3) is 0 Å². The largest absolute Gasteiger partial charge is 0.481 e.